The zero-order chi connectivity index (χ0) is 17.6. The van der Waals surface area contributed by atoms with Crippen molar-refractivity contribution in [1.29, 1.82) is 0 Å². The first kappa shape index (κ1) is 16.5. The van der Waals surface area contributed by atoms with Crippen molar-refractivity contribution in [2.24, 2.45) is 5.73 Å². The number of aromatic nitrogens is 4. The number of rotatable bonds is 6. The Morgan fingerprint density at radius 3 is 3.04 bits per heavy atom. The van der Waals surface area contributed by atoms with Crippen molar-refractivity contribution in [3.8, 4) is 28.4 Å². The van der Waals surface area contributed by atoms with Crippen LogP contribution in [0.15, 0.2) is 54.6 Å². The second-order valence-corrected chi connectivity index (χ2v) is 5.49. The molecule has 0 spiro atoms. The number of aromatic amines is 1. The molecule has 0 fully saturated rings. The number of hydrogen-bond acceptors (Lipinski definition) is 6. The summed E-state index contributed by atoms with van der Waals surface area (Å²) >= 11 is 0. The summed E-state index contributed by atoms with van der Waals surface area (Å²) in [5.41, 5.74) is 10.8. The SMILES string of the molecule is CN/C=C(\N)COc1cc(-c2c[nH]nc2-c2cccc(C)n2)ccn1. The highest BCUT2D eigenvalue weighted by atomic mass is 16.5. The molecule has 0 aliphatic heterocycles. The molecule has 0 aliphatic carbocycles. The van der Waals surface area contributed by atoms with Crippen LogP contribution in [0, 0.1) is 6.92 Å². The van der Waals surface area contributed by atoms with Gasteiger partial charge in [0.05, 0.1) is 11.4 Å². The van der Waals surface area contributed by atoms with Crippen molar-refractivity contribution >= 4 is 0 Å². The van der Waals surface area contributed by atoms with Crippen LogP contribution in [-0.4, -0.2) is 33.8 Å². The Morgan fingerprint density at radius 2 is 2.24 bits per heavy atom. The number of H-pyrrole nitrogens is 1. The molecule has 0 bridgehead atoms. The van der Waals surface area contributed by atoms with E-state index in [1.807, 2.05) is 43.5 Å². The molecule has 0 saturated heterocycles. The summed E-state index contributed by atoms with van der Waals surface area (Å²) in [6, 6.07) is 9.63. The van der Waals surface area contributed by atoms with E-state index < -0.39 is 0 Å². The fourth-order valence-electron chi connectivity index (χ4n) is 2.42. The Labute approximate surface area is 146 Å². The highest BCUT2D eigenvalue weighted by molar-refractivity contribution is 5.78. The number of nitrogens with one attached hydrogen (secondary N) is 2. The highest BCUT2D eigenvalue weighted by Crippen LogP contribution is 2.30. The summed E-state index contributed by atoms with van der Waals surface area (Å²) in [5, 5.41) is 10.1. The molecule has 0 radical (unpaired) electrons. The smallest absolute Gasteiger partial charge is 0.214 e. The lowest BCUT2D eigenvalue weighted by Gasteiger charge is -2.08. The van der Waals surface area contributed by atoms with E-state index in [1.54, 1.807) is 19.4 Å². The Balaban J connectivity index is 1.87. The van der Waals surface area contributed by atoms with Crippen molar-refractivity contribution in [3.05, 3.63) is 60.3 Å². The Bertz CT molecular complexity index is 887. The summed E-state index contributed by atoms with van der Waals surface area (Å²) in [7, 11) is 1.78. The second kappa shape index (κ2) is 7.48. The van der Waals surface area contributed by atoms with Crippen LogP contribution >= 0.6 is 0 Å². The van der Waals surface area contributed by atoms with Gasteiger partial charge in [-0.2, -0.15) is 5.10 Å². The Morgan fingerprint density at radius 1 is 1.36 bits per heavy atom. The van der Waals surface area contributed by atoms with Gasteiger partial charge in [0.1, 0.15) is 12.3 Å². The van der Waals surface area contributed by atoms with Crippen molar-refractivity contribution in [2.75, 3.05) is 13.7 Å². The molecule has 0 amide bonds. The van der Waals surface area contributed by atoms with Crippen molar-refractivity contribution in [1.82, 2.24) is 25.5 Å². The molecular weight excluding hydrogens is 316 g/mol. The predicted octanol–water partition coefficient (Wildman–Crippen LogP) is 2.24. The summed E-state index contributed by atoms with van der Waals surface area (Å²) in [6.07, 6.45) is 5.22. The fourth-order valence-corrected chi connectivity index (χ4v) is 2.42. The fraction of sp³-hybridized carbons (Fsp3) is 0.167. The van der Waals surface area contributed by atoms with E-state index in [-0.39, 0.29) is 6.61 Å². The molecule has 25 heavy (non-hydrogen) atoms. The van der Waals surface area contributed by atoms with Gasteiger partial charge in [0.25, 0.3) is 0 Å². The van der Waals surface area contributed by atoms with Gasteiger partial charge in [-0.15, -0.1) is 0 Å². The van der Waals surface area contributed by atoms with Crippen LogP contribution in [0.25, 0.3) is 22.5 Å². The van der Waals surface area contributed by atoms with Crippen LogP contribution in [0.2, 0.25) is 0 Å². The zero-order valence-corrected chi connectivity index (χ0v) is 14.2. The number of nitrogens with two attached hydrogens (primary N) is 1. The largest absolute Gasteiger partial charge is 0.471 e. The molecule has 3 rings (SSSR count). The van der Waals surface area contributed by atoms with Gasteiger partial charge in [-0.25, -0.2) is 4.98 Å². The molecule has 0 saturated carbocycles. The lowest BCUT2D eigenvalue weighted by molar-refractivity contribution is 0.336. The lowest BCUT2D eigenvalue weighted by atomic mass is 10.1. The van der Waals surface area contributed by atoms with Crippen LogP contribution in [0.5, 0.6) is 5.88 Å². The number of aryl methyl sites for hydroxylation is 1. The average molecular weight is 336 g/mol. The van der Waals surface area contributed by atoms with Crippen molar-refractivity contribution in [2.45, 2.75) is 6.92 Å². The number of nitrogens with zero attached hydrogens (tertiary/aromatic N) is 3. The first-order chi connectivity index (χ1) is 12.2. The van der Waals surface area contributed by atoms with E-state index in [4.69, 9.17) is 10.5 Å². The molecule has 0 unspecified atom stereocenters. The maximum Gasteiger partial charge on any atom is 0.214 e. The van der Waals surface area contributed by atoms with E-state index in [0.29, 0.717) is 11.6 Å². The second-order valence-electron chi connectivity index (χ2n) is 5.49. The molecule has 3 aromatic rings. The maximum atomic E-state index is 5.80. The predicted molar refractivity (Wildman–Crippen MR) is 96.6 cm³/mol. The van der Waals surface area contributed by atoms with Crippen LogP contribution in [0.1, 0.15) is 5.69 Å². The topological polar surface area (TPSA) is 102 Å². The van der Waals surface area contributed by atoms with Gasteiger partial charge in [0, 0.05) is 43.0 Å². The molecular formula is C18H20N6O. The lowest BCUT2D eigenvalue weighted by Crippen LogP contribution is -2.12. The first-order valence-electron chi connectivity index (χ1n) is 7.86. The van der Waals surface area contributed by atoms with Gasteiger partial charge in [0.15, 0.2) is 0 Å². The Kier molecular flexibility index (Phi) is 4.94. The molecule has 0 atom stereocenters. The van der Waals surface area contributed by atoms with E-state index in [1.165, 1.54) is 0 Å². The standard InChI is InChI=1S/C18H20N6O/c1-12-4-3-5-16(23-12)18-15(10-22-24-18)13-6-7-21-17(8-13)25-11-14(19)9-20-2/h3-10,20H,11,19H2,1-2H3,(H,22,24)/b14-9-. The average Bonchev–Trinajstić information content (AvgIpc) is 3.10. The van der Waals surface area contributed by atoms with Crippen molar-refractivity contribution < 1.29 is 4.74 Å². The normalized spacial score (nSPS) is 11.4. The molecule has 0 aliphatic rings. The third kappa shape index (κ3) is 3.95. The minimum atomic E-state index is 0.259. The first-order valence-corrected chi connectivity index (χ1v) is 7.86. The molecule has 128 valence electrons. The van der Waals surface area contributed by atoms with Gasteiger partial charge in [-0.05, 0) is 30.7 Å². The highest BCUT2D eigenvalue weighted by Gasteiger charge is 2.13. The van der Waals surface area contributed by atoms with Gasteiger partial charge in [-0.3, -0.25) is 10.1 Å². The monoisotopic (exact) mass is 336 g/mol. The molecule has 0 aromatic carbocycles. The van der Waals surface area contributed by atoms with E-state index >= 15 is 0 Å². The summed E-state index contributed by atoms with van der Waals surface area (Å²) in [5.74, 6) is 0.495. The molecule has 3 aromatic heterocycles. The van der Waals surface area contributed by atoms with Crippen molar-refractivity contribution in [3.63, 3.8) is 0 Å². The zero-order valence-electron chi connectivity index (χ0n) is 14.2. The molecule has 4 N–H and O–H groups in total. The maximum absolute atomic E-state index is 5.80. The number of pyridine rings is 2. The van der Waals surface area contributed by atoms with Crippen LogP contribution in [0.4, 0.5) is 0 Å². The molecule has 3 heterocycles. The third-order valence-corrected chi connectivity index (χ3v) is 3.53. The van der Waals surface area contributed by atoms with Crippen LogP contribution in [0.3, 0.4) is 0 Å². The van der Waals surface area contributed by atoms with E-state index in [2.05, 4.69) is 25.5 Å². The summed E-state index contributed by atoms with van der Waals surface area (Å²) < 4.78 is 5.63. The van der Waals surface area contributed by atoms with Gasteiger partial charge in [0.2, 0.25) is 5.88 Å². The Hall–Kier alpha value is -3.35. The minimum Gasteiger partial charge on any atom is -0.471 e. The third-order valence-electron chi connectivity index (χ3n) is 3.53. The quantitative estimate of drug-likeness (QED) is 0.638. The molecule has 7 nitrogen and oxygen atoms in total. The van der Waals surface area contributed by atoms with Gasteiger partial charge >= 0.3 is 0 Å². The van der Waals surface area contributed by atoms with E-state index in [0.717, 1.165) is 28.2 Å². The number of hydrogen-bond donors (Lipinski definition) is 3. The van der Waals surface area contributed by atoms with Crippen LogP contribution in [-0.2, 0) is 0 Å². The molecule has 7 heteroatoms. The minimum absolute atomic E-state index is 0.259. The van der Waals surface area contributed by atoms with E-state index in [9.17, 15) is 0 Å². The van der Waals surface area contributed by atoms with Crippen LogP contribution < -0.4 is 15.8 Å². The van der Waals surface area contributed by atoms with Gasteiger partial charge in [-0.1, -0.05) is 6.07 Å². The number of ether oxygens (including phenoxy) is 1. The summed E-state index contributed by atoms with van der Waals surface area (Å²) in [6.45, 7) is 2.21. The summed E-state index contributed by atoms with van der Waals surface area (Å²) in [4.78, 5) is 8.77. The van der Waals surface area contributed by atoms with Gasteiger partial charge < -0.3 is 15.8 Å².